The van der Waals surface area contributed by atoms with Crippen molar-refractivity contribution in [2.75, 3.05) is 7.11 Å². The Morgan fingerprint density at radius 3 is 2.73 bits per heavy atom. The van der Waals surface area contributed by atoms with Crippen molar-refractivity contribution in [2.45, 2.75) is 6.54 Å². The lowest BCUT2D eigenvalue weighted by Gasteiger charge is -2.06. The lowest BCUT2D eigenvalue weighted by Crippen LogP contribution is -2.22. The van der Waals surface area contributed by atoms with E-state index < -0.39 is 5.76 Å². The molecule has 0 atom stereocenters. The molecule has 112 valence electrons. The van der Waals surface area contributed by atoms with Crippen molar-refractivity contribution in [1.29, 1.82) is 0 Å². The van der Waals surface area contributed by atoms with E-state index in [2.05, 4.69) is 10.3 Å². The van der Waals surface area contributed by atoms with E-state index in [1.165, 1.54) is 6.07 Å². The topological polar surface area (TPSA) is 84.3 Å². The number of hydrogen-bond acceptors (Lipinski definition) is 4. The Morgan fingerprint density at radius 2 is 2.00 bits per heavy atom. The van der Waals surface area contributed by atoms with Crippen LogP contribution in [0, 0.1) is 0 Å². The van der Waals surface area contributed by atoms with Gasteiger partial charge in [0.25, 0.3) is 5.91 Å². The second-order valence-electron chi connectivity index (χ2n) is 4.76. The Hall–Kier alpha value is -3.02. The van der Waals surface area contributed by atoms with Crippen molar-refractivity contribution in [1.82, 2.24) is 10.3 Å². The fourth-order valence-corrected chi connectivity index (χ4v) is 2.11. The van der Waals surface area contributed by atoms with Crippen LogP contribution in [0.3, 0.4) is 0 Å². The second-order valence-corrected chi connectivity index (χ2v) is 4.76. The molecule has 6 nitrogen and oxygen atoms in total. The molecule has 0 fully saturated rings. The van der Waals surface area contributed by atoms with Gasteiger partial charge in [0, 0.05) is 12.1 Å². The van der Waals surface area contributed by atoms with E-state index in [-0.39, 0.29) is 5.91 Å². The number of fused-ring (bicyclic) bond motifs is 1. The normalized spacial score (nSPS) is 10.6. The highest BCUT2D eigenvalue weighted by atomic mass is 16.5. The van der Waals surface area contributed by atoms with Gasteiger partial charge in [-0.05, 0) is 35.9 Å². The number of rotatable bonds is 4. The fraction of sp³-hybridized carbons (Fsp3) is 0.125. The van der Waals surface area contributed by atoms with Crippen LogP contribution in [0.1, 0.15) is 15.9 Å². The van der Waals surface area contributed by atoms with Gasteiger partial charge in [-0.25, -0.2) is 4.79 Å². The first-order valence-electron chi connectivity index (χ1n) is 6.70. The van der Waals surface area contributed by atoms with Crippen molar-refractivity contribution in [2.24, 2.45) is 0 Å². The molecule has 0 saturated heterocycles. The largest absolute Gasteiger partial charge is 0.497 e. The van der Waals surface area contributed by atoms with Crippen molar-refractivity contribution in [3.63, 3.8) is 0 Å². The third kappa shape index (κ3) is 2.85. The molecule has 0 bridgehead atoms. The number of benzene rings is 2. The van der Waals surface area contributed by atoms with Crippen molar-refractivity contribution in [3.05, 3.63) is 64.1 Å². The Bertz CT molecular complexity index is 862. The van der Waals surface area contributed by atoms with Gasteiger partial charge in [0.1, 0.15) is 5.75 Å². The molecule has 3 rings (SSSR count). The van der Waals surface area contributed by atoms with Gasteiger partial charge in [-0.15, -0.1) is 0 Å². The molecule has 3 aromatic rings. The SMILES string of the molecule is COc1ccc(CNC(=O)c2ccc3[nH]c(=O)oc3c2)cc1. The zero-order valence-corrected chi connectivity index (χ0v) is 11.9. The maximum absolute atomic E-state index is 12.1. The van der Waals surface area contributed by atoms with Crippen LogP contribution < -0.4 is 15.8 Å². The molecule has 0 unspecified atom stereocenters. The monoisotopic (exact) mass is 298 g/mol. The zero-order chi connectivity index (χ0) is 15.5. The number of amides is 1. The molecule has 0 radical (unpaired) electrons. The van der Waals surface area contributed by atoms with E-state index in [1.54, 1.807) is 19.2 Å². The maximum atomic E-state index is 12.1. The van der Waals surface area contributed by atoms with E-state index >= 15 is 0 Å². The third-order valence-electron chi connectivity index (χ3n) is 3.30. The fourth-order valence-electron chi connectivity index (χ4n) is 2.11. The first-order valence-corrected chi connectivity index (χ1v) is 6.70. The van der Waals surface area contributed by atoms with Gasteiger partial charge in [-0.3, -0.25) is 9.78 Å². The van der Waals surface area contributed by atoms with Gasteiger partial charge >= 0.3 is 5.76 Å². The minimum atomic E-state index is -0.536. The van der Waals surface area contributed by atoms with Crippen LogP contribution in [-0.4, -0.2) is 18.0 Å². The number of carbonyl (C=O) groups is 1. The molecule has 1 amide bonds. The Kier molecular flexibility index (Phi) is 3.65. The van der Waals surface area contributed by atoms with Crippen molar-refractivity contribution >= 4 is 17.0 Å². The van der Waals surface area contributed by atoms with Crippen molar-refractivity contribution in [3.8, 4) is 5.75 Å². The number of H-pyrrole nitrogens is 1. The standard InChI is InChI=1S/C16H14N2O4/c1-21-12-5-2-10(3-6-12)9-17-15(19)11-4-7-13-14(8-11)22-16(20)18-13/h2-8H,9H2,1H3,(H,17,19)(H,18,20). The number of nitrogens with one attached hydrogen (secondary N) is 2. The average Bonchev–Trinajstić information content (AvgIpc) is 2.92. The summed E-state index contributed by atoms with van der Waals surface area (Å²) in [6.07, 6.45) is 0. The summed E-state index contributed by atoms with van der Waals surface area (Å²) in [5.41, 5.74) is 2.32. The van der Waals surface area contributed by atoms with E-state index in [1.807, 2.05) is 24.3 Å². The van der Waals surface area contributed by atoms with Crippen molar-refractivity contribution < 1.29 is 13.9 Å². The third-order valence-corrected chi connectivity index (χ3v) is 3.30. The molecule has 0 aliphatic rings. The predicted molar refractivity (Wildman–Crippen MR) is 81.0 cm³/mol. The van der Waals surface area contributed by atoms with Crippen LogP contribution >= 0.6 is 0 Å². The van der Waals surface area contributed by atoms with Gasteiger partial charge in [-0.2, -0.15) is 0 Å². The number of ether oxygens (including phenoxy) is 1. The highest BCUT2D eigenvalue weighted by Gasteiger charge is 2.08. The Labute approximate surface area is 125 Å². The van der Waals surface area contributed by atoms with E-state index in [0.29, 0.717) is 23.2 Å². The molecule has 6 heteroatoms. The van der Waals surface area contributed by atoms with Crippen LogP contribution in [0.15, 0.2) is 51.7 Å². The number of aromatic amines is 1. The van der Waals surface area contributed by atoms with Gasteiger partial charge in [0.15, 0.2) is 5.58 Å². The average molecular weight is 298 g/mol. The minimum Gasteiger partial charge on any atom is -0.497 e. The van der Waals surface area contributed by atoms with Gasteiger partial charge in [0.2, 0.25) is 0 Å². The van der Waals surface area contributed by atoms with Crippen LogP contribution in [-0.2, 0) is 6.54 Å². The zero-order valence-electron chi connectivity index (χ0n) is 11.9. The van der Waals surface area contributed by atoms with Crippen LogP contribution in [0.5, 0.6) is 5.75 Å². The number of oxazole rings is 1. The first-order chi connectivity index (χ1) is 10.7. The Morgan fingerprint density at radius 1 is 1.23 bits per heavy atom. The highest BCUT2D eigenvalue weighted by molar-refractivity contribution is 5.96. The maximum Gasteiger partial charge on any atom is 0.417 e. The lowest BCUT2D eigenvalue weighted by atomic mass is 10.1. The molecule has 1 heterocycles. The summed E-state index contributed by atoms with van der Waals surface area (Å²) in [5, 5.41) is 2.81. The van der Waals surface area contributed by atoms with E-state index in [9.17, 15) is 9.59 Å². The van der Waals surface area contributed by atoms with E-state index in [0.717, 1.165) is 11.3 Å². The lowest BCUT2D eigenvalue weighted by molar-refractivity contribution is 0.0951. The van der Waals surface area contributed by atoms with Crippen LogP contribution in [0.4, 0.5) is 0 Å². The number of carbonyl (C=O) groups excluding carboxylic acids is 1. The molecule has 0 spiro atoms. The summed E-state index contributed by atoms with van der Waals surface area (Å²) in [6, 6.07) is 12.3. The number of aromatic nitrogens is 1. The Balaban J connectivity index is 1.70. The predicted octanol–water partition coefficient (Wildman–Crippen LogP) is 2.06. The smallest absolute Gasteiger partial charge is 0.417 e. The molecule has 0 saturated carbocycles. The molecule has 0 aliphatic heterocycles. The highest BCUT2D eigenvalue weighted by Crippen LogP contribution is 2.13. The molecular formula is C16H14N2O4. The quantitative estimate of drug-likeness (QED) is 0.772. The van der Waals surface area contributed by atoms with Crippen LogP contribution in [0.25, 0.3) is 11.1 Å². The summed E-state index contributed by atoms with van der Waals surface area (Å²) < 4.78 is 10.0. The van der Waals surface area contributed by atoms with Gasteiger partial charge in [-0.1, -0.05) is 12.1 Å². The summed E-state index contributed by atoms with van der Waals surface area (Å²) >= 11 is 0. The summed E-state index contributed by atoms with van der Waals surface area (Å²) in [5.74, 6) is -0.00428. The van der Waals surface area contributed by atoms with Crippen LogP contribution in [0.2, 0.25) is 0 Å². The molecule has 2 N–H and O–H groups in total. The van der Waals surface area contributed by atoms with Gasteiger partial charge in [0.05, 0.1) is 12.6 Å². The molecule has 1 aromatic heterocycles. The molecular weight excluding hydrogens is 284 g/mol. The summed E-state index contributed by atoms with van der Waals surface area (Å²) in [6.45, 7) is 0.401. The summed E-state index contributed by atoms with van der Waals surface area (Å²) in [4.78, 5) is 25.8. The molecule has 22 heavy (non-hydrogen) atoms. The summed E-state index contributed by atoms with van der Waals surface area (Å²) in [7, 11) is 1.60. The minimum absolute atomic E-state index is 0.235. The molecule has 0 aliphatic carbocycles. The second kappa shape index (κ2) is 5.77. The first kappa shape index (κ1) is 13.9. The van der Waals surface area contributed by atoms with Gasteiger partial charge < -0.3 is 14.5 Å². The van der Waals surface area contributed by atoms with E-state index in [4.69, 9.17) is 9.15 Å². The number of hydrogen-bond donors (Lipinski definition) is 2. The molecule has 2 aromatic carbocycles. The number of methoxy groups -OCH3 is 1.